The molecule has 0 rings (SSSR count). The molecule has 1 unspecified atom stereocenters. The molecule has 0 aromatic carbocycles. The Kier molecular flexibility index (Phi) is 9.06. The van der Waals surface area contributed by atoms with Crippen LogP contribution in [0.4, 0.5) is 0 Å². The summed E-state index contributed by atoms with van der Waals surface area (Å²) in [5.41, 5.74) is 5.47. The van der Waals surface area contributed by atoms with Crippen LogP contribution < -0.4 is 11.1 Å². The number of nitrogens with one attached hydrogen (secondary N) is 1. The highest BCUT2D eigenvalue weighted by molar-refractivity contribution is 5.82. The molecule has 0 aliphatic heterocycles. The Morgan fingerprint density at radius 3 is 2.22 bits per heavy atom. The van der Waals surface area contributed by atoms with Gasteiger partial charge in [0, 0.05) is 18.4 Å². The summed E-state index contributed by atoms with van der Waals surface area (Å²) in [5, 5.41) is 14.5. The van der Waals surface area contributed by atoms with Crippen molar-refractivity contribution in [1.82, 2.24) is 5.32 Å². The van der Waals surface area contributed by atoms with Crippen LogP contribution in [-0.4, -0.2) is 23.0 Å². The van der Waals surface area contributed by atoms with Crippen LogP contribution in [0.25, 0.3) is 0 Å². The number of amides is 1. The maximum atomic E-state index is 12.1. The number of oxime groups is 1. The minimum atomic E-state index is -0.0513. The molecule has 0 fully saturated rings. The Balaban J connectivity index is 4.38. The van der Waals surface area contributed by atoms with Crippen molar-refractivity contribution in [3.05, 3.63) is 0 Å². The molecular weight excluding hydrogens is 230 g/mol. The average molecular weight is 257 g/mol. The summed E-state index contributed by atoms with van der Waals surface area (Å²) >= 11 is 0. The van der Waals surface area contributed by atoms with Crippen molar-refractivity contribution in [2.24, 2.45) is 16.8 Å². The molecule has 1 atom stereocenters. The first-order valence-corrected chi connectivity index (χ1v) is 6.85. The van der Waals surface area contributed by atoms with Gasteiger partial charge in [-0.25, -0.2) is 0 Å². The van der Waals surface area contributed by atoms with Gasteiger partial charge >= 0.3 is 0 Å². The predicted octanol–water partition coefficient (Wildman–Crippen LogP) is 2.23. The topological polar surface area (TPSA) is 87.7 Å². The zero-order valence-corrected chi connectivity index (χ0v) is 11.8. The molecule has 0 aromatic rings. The van der Waals surface area contributed by atoms with Crippen LogP contribution in [0.5, 0.6) is 0 Å². The van der Waals surface area contributed by atoms with Gasteiger partial charge in [0.1, 0.15) is 5.84 Å². The smallest absolute Gasteiger partial charge is 0.223 e. The fourth-order valence-electron chi connectivity index (χ4n) is 2.01. The quantitative estimate of drug-likeness (QED) is 0.256. The van der Waals surface area contributed by atoms with Crippen LogP contribution in [0.1, 0.15) is 59.3 Å². The molecule has 5 heteroatoms. The summed E-state index contributed by atoms with van der Waals surface area (Å²) < 4.78 is 0. The van der Waals surface area contributed by atoms with Gasteiger partial charge in [-0.05, 0) is 19.3 Å². The van der Waals surface area contributed by atoms with Crippen molar-refractivity contribution in [1.29, 1.82) is 0 Å². The molecule has 0 spiro atoms. The first kappa shape index (κ1) is 16.7. The van der Waals surface area contributed by atoms with Gasteiger partial charge in [0.15, 0.2) is 0 Å². The Hall–Kier alpha value is -1.26. The van der Waals surface area contributed by atoms with Crippen molar-refractivity contribution in [3.8, 4) is 0 Å². The van der Waals surface area contributed by atoms with E-state index in [0.29, 0.717) is 6.42 Å². The zero-order chi connectivity index (χ0) is 14.0. The van der Waals surface area contributed by atoms with Crippen molar-refractivity contribution in [3.63, 3.8) is 0 Å². The second-order valence-electron chi connectivity index (χ2n) is 4.68. The van der Waals surface area contributed by atoms with Gasteiger partial charge in [0.05, 0.1) is 0 Å². The normalized spacial score (nSPS) is 13.7. The third kappa shape index (κ3) is 6.47. The monoisotopic (exact) mass is 257 g/mol. The Morgan fingerprint density at radius 2 is 1.83 bits per heavy atom. The second kappa shape index (κ2) is 9.74. The van der Waals surface area contributed by atoms with Crippen molar-refractivity contribution in [2.75, 3.05) is 0 Å². The number of amidine groups is 1. The summed E-state index contributed by atoms with van der Waals surface area (Å²) in [6, 6.07) is -0.0513. The lowest BCUT2D eigenvalue weighted by molar-refractivity contribution is -0.126. The van der Waals surface area contributed by atoms with Crippen LogP contribution in [0.15, 0.2) is 5.16 Å². The highest BCUT2D eigenvalue weighted by atomic mass is 16.4. The van der Waals surface area contributed by atoms with Crippen LogP contribution in [0.3, 0.4) is 0 Å². The van der Waals surface area contributed by atoms with Gasteiger partial charge in [-0.1, -0.05) is 38.8 Å². The molecule has 0 aliphatic rings. The first-order valence-electron chi connectivity index (χ1n) is 6.85. The molecule has 0 aromatic heterocycles. The number of rotatable bonds is 9. The lowest BCUT2D eigenvalue weighted by atomic mass is 9.96. The summed E-state index contributed by atoms with van der Waals surface area (Å²) in [6.45, 7) is 6.15. The maximum absolute atomic E-state index is 12.1. The van der Waals surface area contributed by atoms with E-state index < -0.39 is 0 Å². The lowest BCUT2D eigenvalue weighted by Gasteiger charge is -2.21. The SMILES string of the molecule is CCCC(CCC)C(=O)NC(CC)CC(N)=NO. The Morgan fingerprint density at radius 1 is 1.28 bits per heavy atom. The van der Waals surface area contributed by atoms with Gasteiger partial charge < -0.3 is 16.3 Å². The molecule has 4 N–H and O–H groups in total. The number of nitrogens with zero attached hydrogens (tertiary/aromatic N) is 1. The highest BCUT2D eigenvalue weighted by Gasteiger charge is 2.19. The molecule has 5 nitrogen and oxygen atoms in total. The third-order valence-electron chi connectivity index (χ3n) is 3.07. The van der Waals surface area contributed by atoms with E-state index in [1.165, 1.54) is 0 Å². The van der Waals surface area contributed by atoms with E-state index in [2.05, 4.69) is 24.3 Å². The Labute approximate surface area is 110 Å². The second-order valence-corrected chi connectivity index (χ2v) is 4.68. The van der Waals surface area contributed by atoms with E-state index in [1.54, 1.807) is 0 Å². The fourth-order valence-corrected chi connectivity index (χ4v) is 2.01. The summed E-state index contributed by atoms with van der Waals surface area (Å²) in [6.07, 6.45) is 5.01. The molecule has 106 valence electrons. The molecule has 0 radical (unpaired) electrons. The largest absolute Gasteiger partial charge is 0.409 e. The lowest BCUT2D eigenvalue weighted by Crippen LogP contribution is -2.40. The van der Waals surface area contributed by atoms with Gasteiger partial charge in [-0.2, -0.15) is 0 Å². The van der Waals surface area contributed by atoms with Crippen LogP contribution in [0, 0.1) is 5.92 Å². The summed E-state index contributed by atoms with van der Waals surface area (Å²) in [7, 11) is 0. The number of carbonyl (C=O) groups excluding carboxylic acids is 1. The van der Waals surface area contributed by atoms with Crippen molar-refractivity contribution in [2.45, 2.75) is 65.3 Å². The molecule has 0 saturated heterocycles. The van der Waals surface area contributed by atoms with E-state index in [9.17, 15) is 4.79 Å². The van der Waals surface area contributed by atoms with Crippen LogP contribution in [-0.2, 0) is 4.79 Å². The number of hydrogen-bond acceptors (Lipinski definition) is 3. The minimum absolute atomic E-state index is 0.0513. The predicted molar refractivity (Wildman–Crippen MR) is 73.6 cm³/mol. The van der Waals surface area contributed by atoms with Gasteiger partial charge in [0.2, 0.25) is 5.91 Å². The third-order valence-corrected chi connectivity index (χ3v) is 3.07. The molecule has 0 aliphatic carbocycles. The number of carbonyl (C=O) groups is 1. The van der Waals surface area contributed by atoms with Gasteiger partial charge in [0.25, 0.3) is 0 Å². The van der Waals surface area contributed by atoms with E-state index in [1.807, 2.05) is 6.92 Å². The maximum Gasteiger partial charge on any atom is 0.223 e. The van der Waals surface area contributed by atoms with Crippen molar-refractivity contribution < 1.29 is 10.0 Å². The molecule has 0 heterocycles. The highest BCUT2D eigenvalue weighted by Crippen LogP contribution is 2.14. The molecule has 0 saturated carbocycles. The van der Waals surface area contributed by atoms with Gasteiger partial charge in [-0.15, -0.1) is 0 Å². The molecular formula is C13H27N3O2. The summed E-state index contributed by atoms with van der Waals surface area (Å²) in [5.74, 6) is 0.335. The van der Waals surface area contributed by atoms with Crippen LogP contribution >= 0.6 is 0 Å². The molecule has 18 heavy (non-hydrogen) atoms. The van der Waals surface area contributed by atoms with Gasteiger partial charge in [-0.3, -0.25) is 4.79 Å². The van der Waals surface area contributed by atoms with E-state index in [0.717, 1.165) is 32.1 Å². The van der Waals surface area contributed by atoms with Crippen LogP contribution in [0.2, 0.25) is 0 Å². The zero-order valence-electron chi connectivity index (χ0n) is 11.8. The average Bonchev–Trinajstić information content (AvgIpc) is 2.37. The molecule has 0 bridgehead atoms. The number of nitrogens with two attached hydrogens (primary N) is 1. The standard InChI is InChI=1S/C13H27N3O2/c1-4-7-10(8-5-2)13(17)15-11(6-3)9-12(14)16-18/h10-11,18H,4-9H2,1-3H3,(H2,14,16)(H,15,17). The van der Waals surface area contributed by atoms with Crippen molar-refractivity contribution >= 4 is 11.7 Å². The van der Waals surface area contributed by atoms with E-state index >= 15 is 0 Å². The van der Waals surface area contributed by atoms with E-state index in [-0.39, 0.29) is 23.7 Å². The van der Waals surface area contributed by atoms with E-state index in [4.69, 9.17) is 10.9 Å². The molecule has 1 amide bonds. The fraction of sp³-hybridized carbons (Fsp3) is 0.846. The Bertz CT molecular complexity index is 261. The first-order chi connectivity index (χ1) is 8.58. The minimum Gasteiger partial charge on any atom is -0.409 e. The summed E-state index contributed by atoms with van der Waals surface area (Å²) in [4.78, 5) is 12.1. The number of hydrogen-bond donors (Lipinski definition) is 3.